The summed E-state index contributed by atoms with van der Waals surface area (Å²) in [5, 5.41) is 5.69. The largest absolute Gasteiger partial charge is 0.366 e. The molecule has 6 heteroatoms. The van der Waals surface area contributed by atoms with Gasteiger partial charge < -0.3 is 16.4 Å². The maximum Gasteiger partial charge on any atom is 0.248 e. The average molecular weight is 265 g/mol. The number of nitrogens with one attached hydrogen (secondary N) is 2. The standard InChI is InChI=1S/C13H16FN3O2/c1-7-9(14)5-8(12(15)18)6-11(7)17-13(19)10-3-2-4-16-10/h5-6,10,16H,2-4H2,1H3,(H2,15,18)(H,17,19)/t10-/m1/s1. The summed E-state index contributed by atoms with van der Waals surface area (Å²) in [6.45, 7) is 2.34. The molecule has 19 heavy (non-hydrogen) atoms. The van der Waals surface area contributed by atoms with Crippen molar-refractivity contribution in [1.82, 2.24) is 5.32 Å². The van der Waals surface area contributed by atoms with E-state index in [0.717, 1.165) is 25.5 Å². The van der Waals surface area contributed by atoms with Crippen LogP contribution >= 0.6 is 0 Å². The third-order valence-corrected chi connectivity index (χ3v) is 3.26. The van der Waals surface area contributed by atoms with Gasteiger partial charge in [0, 0.05) is 16.8 Å². The molecule has 1 saturated heterocycles. The molecule has 1 aliphatic heterocycles. The van der Waals surface area contributed by atoms with Crippen molar-refractivity contribution in [2.45, 2.75) is 25.8 Å². The summed E-state index contributed by atoms with van der Waals surface area (Å²) in [7, 11) is 0. The van der Waals surface area contributed by atoms with Crippen molar-refractivity contribution in [2.24, 2.45) is 5.73 Å². The van der Waals surface area contributed by atoms with E-state index in [2.05, 4.69) is 10.6 Å². The number of halogens is 1. The van der Waals surface area contributed by atoms with Gasteiger partial charge in [-0.1, -0.05) is 0 Å². The van der Waals surface area contributed by atoms with Crippen molar-refractivity contribution in [1.29, 1.82) is 0 Å². The van der Waals surface area contributed by atoms with Crippen LogP contribution in [0.15, 0.2) is 12.1 Å². The minimum absolute atomic E-state index is 0.0396. The van der Waals surface area contributed by atoms with Gasteiger partial charge in [0.1, 0.15) is 5.82 Å². The van der Waals surface area contributed by atoms with Crippen LogP contribution in [-0.2, 0) is 4.79 Å². The number of hydrogen-bond acceptors (Lipinski definition) is 3. The van der Waals surface area contributed by atoms with E-state index in [-0.39, 0.29) is 28.8 Å². The first-order valence-corrected chi connectivity index (χ1v) is 6.13. The van der Waals surface area contributed by atoms with Crippen LogP contribution in [0, 0.1) is 12.7 Å². The zero-order valence-corrected chi connectivity index (χ0v) is 10.6. The monoisotopic (exact) mass is 265 g/mol. The van der Waals surface area contributed by atoms with Crippen molar-refractivity contribution in [2.75, 3.05) is 11.9 Å². The van der Waals surface area contributed by atoms with Crippen LogP contribution in [0.25, 0.3) is 0 Å². The van der Waals surface area contributed by atoms with Gasteiger partial charge in [-0.2, -0.15) is 0 Å². The second-order valence-corrected chi connectivity index (χ2v) is 4.63. The van der Waals surface area contributed by atoms with Gasteiger partial charge >= 0.3 is 0 Å². The summed E-state index contributed by atoms with van der Waals surface area (Å²) in [4.78, 5) is 23.0. The molecule has 1 aromatic carbocycles. The van der Waals surface area contributed by atoms with Gasteiger partial charge in [0.05, 0.1) is 6.04 Å². The molecule has 0 radical (unpaired) electrons. The van der Waals surface area contributed by atoms with Gasteiger partial charge in [0.15, 0.2) is 0 Å². The van der Waals surface area contributed by atoms with E-state index in [4.69, 9.17) is 5.73 Å². The maximum absolute atomic E-state index is 13.7. The molecule has 1 aliphatic rings. The molecule has 1 fully saturated rings. The molecule has 0 saturated carbocycles. The Hall–Kier alpha value is -1.95. The molecule has 1 aromatic rings. The molecule has 0 aliphatic carbocycles. The third kappa shape index (κ3) is 2.90. The predicted octanol–water partition coefficient (Wildman–Crippen LogP) is 0.924. The molecule has 1 heterocycles. The van der Waals surface area contributed by atoms with Crippen molar-refractivity contribution in [3.05, 3.63) is 29.1 Å². The summed E-state index contributed by atoms with van der Waals surface area (Å²) in [6, 6.07) is 2.20. The predicted molar refractivity (Wildman–Crippen MR) is 69.3 cm³/mol. The topological polar surface area (TPSA) is 84.2 Å². The first-order chi connectivity index (χ1) is 8.99. The van der Waals surface area contributed by atoms with Gasteiger partial charge in [-0.05, 0) is 38.4 Å². The number of rotatable bonds is 3. The Kier molecular flexibility index (Phi) is 3.80. The summed E-state index contributed by atoms with van der Waals surface area (Å²) in [6.07, 6.45) is 1.69. The van der Waals surface area contributed by atoms with Crippen molar-refractivity contribution >= 4 is 17.5 Å². The molecule has 1 atom stereocenters. The van der Waals surface area contributed by atoms with Crippen LogP contribution in [0.3, 0.4) is 0 Å². The fraction of sp³-hybridized carbons (Fsp3) is 0.385. The number of primary amides is 1. The molecule has 0 unspecified atom stereocenters. The number of amides is 2. The van der Waals surface area contributed by atoms with E-state index in [9.17, 15) is 14.0 Å². The van der Waals surface area contributed by atoms with Crippen LogP contribution in [0.5, 0.6) is 0 Å². The lowest BCUT2D eigenvalue weighted by Crippen LogP contribution is -2.35. The highest BCUT2D eigenvalue weighted by atomic mass is 19.1. The summed E-state index contributed by atoms with van der Waals surface area (Å²) in [5.74, 6) is -1.51. The Balaban J connectivity index is 2.23. The van der Waals surface area contributed by atoms with Crippen molar-refractivity contribution in [3.8, 4) is 0 Å². The Morgan fingerprint density at radius 1 is 1.47 bits per heavy atom. The Morgan fingerprint density at radius 3 is 2.79 bits per heavy atom. The average Bonchev–Trinajstić information content (AvgIpc) is 2.88. The van der Waals surface area contributed by atoms with Crippen LogP contribution < -0.4 is 16.4 Å². The van der Waals surface area contributed by atoms with E-state index in [1.165, 1.54) is 13.0 Å². The highest BCUT2D eigenvalue weighted by Crippen LogP contribution is 2.21. The zero-order chi connectivity index (χ0) is 14.0. The molecule has 0 bridgehead atoms. The number of nitrogens with two attached hydrogens (primary N) is 1. The Morgan fingerprint density at radius 2 is 2.21 bits per heavy atom. The first-order valence-electron chi connectivity index (χ1n) is 6.13. The second kappa shape index (κ2) is 5.36. The number of anilines is 1. The minimum atomic E-state index is -0.728. The number of benzene rings is 1. The molecule has 0 aromatic heterocycles. The van der Waals surface area contributed by atoms with E-state index < -0.39 is 11.7 Å². The Bertz CT molecular complexity index is 525. The van der Waals surface area contributed by atoms with Gasteiger partial charge in [0.25, 0.3) is 0 Å². The summed E-state index contributed by atoms with van der Waals surface area (Å²) < 4.78 is 13.7. The van der Waals surface area contributed by atoms with Gasteiger partial charge in [-0.25, -0.2) is 4.39 Å². The van der Waals surface area contributed by atoms with Crippen molar-refractivity contribution in [3.63, 3.8) is 0 Å². The molecule has 4 N–H and O–H groups in total. The van der Waals surface area contributed by atoms with E-state index in [1.54, 1.807) is 0 Å². The fourth-order valence-corrected chi connectivity index (χ4v) is 2.08. The molecule has 0 spiro atoms. The molecule has 102 valence electrons. The summed E-state index contributed by atoms with van der Waals surface area (Å²) in [5.41, 5.74) is 5.74. The molecule has 2 amide bonds. The maximum atomic E-state index is 13.7. The second-order valence-electron chi connectivity index (χ2n) is 4.63. The smallest absolute Gasteiger partial charge is 0.248 e. The number of hydrogen-bond donors (Lipinski definition) is 3. The summed E-state index contributed by atoms with van der Waals surface area (Å²) >= 11 is 0. The van der Waals surface area contributed by atoms with E-state index in [0.29, 0.717) is 0 Å². The van der Waals surface area contributed by atoms with Crippen LogP contribution in [0.1, 0.15) is 28.8 Å². The number of carbonyl (C=O) groups excluding carboxylic acids is 2. The lowest BCUT2D eigenvalue weighted by Gasteiger charge is -2.14. The molecular weight excluding hydrogens is 249 g/mol. The lowest BCUT2D eigenvalue weighted by molar-refractivity contribution is -0.117. The van der Waals surface area contributed by atoms with E-state index in [1.807, 2.05) is 0 Å². The first kappa shape index (κ1) is 13.5. The Labute approximate surface area is 110 Å². The molecule has 5 nitrogen and oxygen atoms in total. The van der Waals surface area contributed by atoms with E-state index >= 15 is 0 Å². The highest BCUT2D eigenvalue weighted by molar-refractivity contribution is 5.98. The van der Waals surface area contributed by atoms with Crippen molar-refractivity contribution < 1.29 is 14.0 Å². The molecule has 2 rings (SSSR count). The third-order valence-electron chi connectivity index (χ3n) is 3.26. The highest BCUT2D eigenvalue weighted by Gasteiger charge is 2.23. The van der Waals surface area contributed by atoms with Gasteiger partial charge in [0.2, 0.25) is 11.8 Å². The van der Waals surface area contributed by atoms with Gasteiger partial charge in [-0.3, -0.25) is 9.59 Å². The normalized spacial score (nSPS) is 18.3. The SMILES string of the molecule is Cc1c(F)cc(C(N)=O)cc1NC(=O)[C@H]1CCCN1. The lowest BCUT2D eigenvalue weighted by atomic mass is 10.1. The van der Waals surface area contributed by atoms with Crippen LogP contribution in [0.4, 0.5) is 10.1 Å². The van der Waals surface area contributed by atoms with Gasteiger partial charge in [-0.15, -0.1) is 0 Å². The zero-order valence-electron chi connectivity index (χ0n) is 10.6. The van der Waals surface area contributed by atoms with Crippen LogP contribution in [-0.4, -0.2) is 24.4 Å². The van der Waals surface area contributed by atoms with Crippen LogP contribution in [0.2, 0.25) is 0 Å². The quantitative estimate of drug-likeness (QED) is 0.760. The minimum Gasteiger partial charge on any atom is -0.366 e. The fourth-order valence-electron chi connectivity index (χ4n) is 2.08. The molecular formula is C13H16FN3O2. The number of carbonyl (C=O) groups is 2.